The van der Waals surface area contributed by atoms with Gasteiger partial charge in [0.15, 0.2) is 5.75 Å². The zero-order chi connectivity index (χ0) is 21.1. The van der Waals surface area contributed by atoms with E-state index in [0.717, 1.165) is 39.4 Å². The molecule has 0 spiro atoms. The normalized spacial score (nSPS) is 10.6. The lowest BCUT2D eigenvalue weighted by atomic mass is 9.99. The first kappa shape index (κ1) is 19.9. The molecule has 0 aliphatic rings. The summed E-state index contributed by atoms with van der Waals surface area (Å²) in [5, 5.41) is 13.3. The molecule has 0 aliphatic heterocycles. The smallest absolute Gasteiger partial charge is 0.348 e. The van der Waals surface area contributed by atoms with Crippen molar-refractivity contribution >= 4 is 49.5 Å². The van der Waals surface area contributed by atoms with Crippen LogP contribution in [0.3, 0.4) is 0 Å². The maximum Gasteiger partial charge on any atom is 0.348 e. The standard InChI is InChI=1S/C23H17NO4S2/c1-28-23(27)18-12-17-20(30-18)19(25)21(29-17)22(26)24-13-16(14-8-4-2-5-9-14)15-10-6-3-7-11-15/h2-13,25H,1H3,(H,24,26). The van der Waals surface area contributed by atoms with E-state index in [1.54, 1.807) is 12.3 Å². The second-order valence-corrected chi connectivity index (χ2v) is 8.44. The number of hydrogen-bond acceptors (Lipinski definition) is 6. The van der Waals surface area contributed by atoms with Crippen molar-refractivity contribution in [2.24, 2.45) is 0 Å². The molecule has 0 aliphatic carbocycles. The van der Waals surface area contributed by atoms with Crippen LogP contribution in [0.4, 0.5) is 0 Å². The average molecular weight is 436 g/mol. The molecular weight excluding hydrogens is 418 g/mol. The van der Waals surface area contributed by atoms with Crippen LogP contribution in [-0.2, 0) is 4.74 Å². The van der Waals surface area contributed by atoms with Gasteiger partial charge in [0.25, 0.3) is 5.91 Å². The molecule has 0 atom stereocenters. The summed E-state index contributed by atoms with van der Waals surface area (Å²) in [5.41, 5.74) is 2.78. The fourth-order valence-corrected chi connectivity index (χ4v) is 5.25. The van der Waals surface area contributed by atoms with Crippen LogP contribution in [0.2, 0.25) is 0 Å². The summed E-state index contributed by atoms with van der Waals surface area (Å²) in [6, 6.07) is 21.1. The minimum absolute atomic E-state index is 0.123. The second-order valence-electron chi connectivity index (χ2n) is 6.34. The van der Waals surface area contributed by atoms with Crippen molar-refractivity contribution in [3.63, 3.8) is 0 Å². The number of nitrogens with one attached hydrogen (secondary N) is 1. The Morgan fingerprint density at radius 3 is 2.10 bits per heavy atom. The van der Waals surface area contributed by atoms with Crippen LogP contribution in [0.15, 0.2) is 72.9 Å². The molecule has 0 fully saturated rings. The van der Waals surface area contributed by atoms with Gasteiger partial charge in [0.1, 0.15) is 9.75 Å². The van der Waals surface area contributed by atoms with Gasteiger partial charge in [-0.3, -0.25) is 4.79 Å². The Kier molecular flexibility index (Phi) is 5.65. The Morgan fingerprint density at radius 1 is 0.967 bits per heavy atom. The van der Waals surface area contributed by atoms with E-state index in [-0.39, 0.29) is 10.6 Å². The van der Waals surface area contributed by atoms with Crippen LogP contribution < -0.4 is 5.32 Å². The summed E-state index contributed by atoms with van der Waals surface area (Å²) < 4.78 is 5.88. The summed E-state index contributed by atoms with van der Waals surface area (Å²) >= 11 is 2.24. The predicted molar refractivity (Wildman–Crippen MR) is 120 cm³/mol. The molecule has 5 nitrogen and oxygen atoms in total. The lowest BCUT2D eigenvalue weighted by Gasteiger charge is -2.09. The molecule has 4 rings (SSSR count). The van der Waals surface area contributed by atoms with Crippen LogP contribution in [0.5, 0.6) is 5.75 Å². The van der Waals surface area contributed by atoms with E-state index in [0.29, 0.717) is 14.3 Å². The first-order valence-electron chi connectivity index (χ1n) is 9.04. The molecule has 2 aromatic heterocycles. The number of benzene rings is 2. The van der Waals surface area contributed by atoms with Crippen molar-refractivity contribution in [3.05, 3.63) is 93.8 Å². The van der Waals surface area contributed by atoms with E-state index < -0.39 is 11.9 Å². The van der Waals surface area contributed by atoms with Crippen LogP contribution in [0.25, 0.3) is 15.0 Å². The van der Waals surface area contributed by atoms with E-state index >= 15 is 0 Å². The SMILES string of the molecule is COC(=O)c1cc2sc(C(=O)NC=C(c3ccccc3)c3ccccc3)c(O)c2s1. The van der Waals surface area contributed by atoms with Crippen molar-refractivity contribution in [3.8, 4) is 5.75 Å². The maximum atomic E-state index is 12.8. The molecule has 2 N–H and O–H groups in total. The largest absolute Gasteiger partial charge is 0.505 e. The minimum atomic E-state index is -0.466. The molecule has 2 heterocycles. The Hall–Kier alpha value is -3.42. The van der Waals surface area contributed by atoms with Gasteiger partial charge in [-0.2, -0.15) is 0 Å². The van der Waals surface area contributed by atoms with Gasteiger partial charge in [-0.1, -0.05) is 60.7 Å². The third-order valence-corrected chi connectivity index (χ3v) is 6.83. The van der Waals surface area contributed by atoms with Gasteiger partial charge >= 0.3 is 5.97 Å². The third-order valence-electron chi connectivity index (χ3n) is 4.45. The lowest BCUT2D eigenvalue weighted by Crippen LogP contribution is -2.16. The zero-order valence-electron chi connectivity index (χ0n) is 15.9. The number of carbonyl (C=O) groups is 2. The van der Waals surface area contributed by atoms with Gasteiger partial charge < -0.3 is 15.2 Å². The summed E-state index contributed by atoms with van der Waals surface area (Å²) in [4.78, 5) is 25.0. The van der Waals surface area contributed by atoms with Crippen molar-refractivity contribution < 1.29 is 19.4 Å². The molecule has 0 unspecified atom stereocenters. The first-order valence-corrected chi connectivity index (χ1v) is 10.7. The maximum absolute atomic E-state index is 12.8. The van der Waals surface area contributed by atoms with Gasteiger partial charge in [-0.15, -0.1) is 22.7 Å². The molecule has 0 saturated carbocycles. The van der Waals surface area contributed by atoms with Crippen LogP contribution in [0.1, 0.15) is 30.5 Å². The highest BCUT2D eigenvalue weighted by Crippen LogP contribution is 2.42. The van der Waals surface area contributed by atoms with Gasteiger partial charge in [0, 0.05) is 11.8 Å². The molecular formula is C23H17NO4S2. The van der Waals surface area contributed by atoms with Gasteiger partial charge in [0.05, 0.1) is 16.5 Å². The molecule has 2 aromatic carbocycles. The number of aromatic hydroxyl groups is 1. The zero-order valence-corrected chi connectivity index (χ0v) is 17.5. The Balaban J connectivity index is 1.65. The number of fused-ring (bicyclic) bond motifs is 1. The number of methoxy groups -OCH3 is 1. The van der Waals surface area contributed by atoms with E-state index in [9.17, 15) is 14.7 Å². The summed E-state index contributed by atoms with van der Waals surface area (Å²) in [6.07, 6.45) is 1.65. The molecule has 150 valence electrons. The topological polar surface area (TPSA) is 75.6 Å². The summed E-state index contributed by atoms with van der Waals surface area (Å²) in [5.74, 6) is -1.00. The summed E-state index contributed by atoms with van der Waals surface area (Å²) in [7, 11) is 1.30. The predicted octanol–water partition coefficient (Wildman–Crippen LogP) is 5.27. The Bertz CT molecular complexity index is 1200. The molecule has 7 heteroatoms. The van der Waals surface area contributed by atoms with E-state index in [2.05, 4.69) is 5.32 Å². The first-order chi connectivity index (χ1) is 14.6. The Morgan fingerprint density at radius 2 is 1.57 bits per heavy atom. The molecule has 0 bridgehead atoms. The van der Waals surface area contributed by atoms with E-state index in [4.69, 9.17) is 4.74 Å². The van der Waals surface area contributed by atoms with Crippen LogP contribution >= 0.6 is 22.7 Å². The van der Waals surface area contributed by atoms with Gasteiger partial charge in [0.2, 0.25) is 0 Å². The molecule has 4 aromatic rings. The van der Waals surface area contributed by atoms with Crippen LogP contribution in [-0.4, -0.2) is 24.1 Å². The van der Waals surface area contributed by atoms with Crippen molar-refractivity contribution in [2.75, 3.05) is 7.11 Å². The minimum Gasteiger partial charge on any atom is -0.505 e. The average Bonchev–Trinajstić information content (AvgIpc) is 3.34. The Labute approximate surface area is 180 Å². The van der Waals surface area contributed by atoms with Crippen molar-refractivity contribution in [1.82, 2.24) is 5.32 Å². The van der Waals surface area contributed by atoms with E-state index in [1.807, 2.05) is 60.7 Å². The number of amides is 1. The molecule has 0 saturated heterocycles. The molecule has 30 heavy (non-hydrogen) atoms. The van der Waals surface area contributed by atoms with Crippen molar-refractivity contribution in [2.45, 2.75) is 0 Å². The third kappa shape index (κ3) is 3.85. The van der Waals surface area contributed by atoms with Crippen molar-refractivity contribution in [1.29, 1.82) is 0 Å². The van der Waals surface area contributed by atoms with Gasteiger partial charge in [-0.05, 0) is 17.2 Å². The second kappa shape index (κ2) is 8.52. The fraction of sp³-hybridized carbons (Fsp3) is 0.0435. The fourth-order valence-electron chi connectivity index (χ4n) is 3.00. The lowest BCUT2D eigenvalue weighted by molar-refractivity contribution is 0.0606. The number of esters is 1. The van der Waals surface area contributed by atoms with Gasteiger partial charge in [-0.25, -0.2) is 4.79 Å². The highest BCUT2D eigenvalue weighted by Gasteiger charge is 2.22. The monoisotopic (exact) mass is 435 g/mol. The van der Waals surface area contributed by atoms with E-state index in [1.165, 1.54) is 7.11 Å². The quantitative estimate of drug-likeness (QED) is 0.419. The number of carbonyl (C=O) groups excluding carboxylic acids is 2. The number of thiophene rings is 2. The summed E-state index contributed by atoms with van der Waals surface area (Å²) in [6.45, 7) is 0. The molecule has 1 amide bonds. The number of hydrogen-bond donors (Lipinski definition) is 2. The number of rotatable bonds is 5. The highest BCUT2D eigenvalue weighted by molar-refractivity contribution is 7.30. The van der Waals surface area contributed by atoms with Crippen LogP contribution in [0, 0.1) is 0 Å². The molecule has 0 radical (unpaired) electrons. The highest BCUT2D eigenvalue weighted by atomic mass is 32.1. The number of ether oxygens (including phenoxy) is 1.